The van der Waals surface area contributed by atoms with Crippen LogP contribution in [-0.4, -0.2) is 35.0 Å². The molecule has 1 N–H and O–H groups in total. The Labute approximate surface area is 102 Å². The topological polar surface area (TPSA) is 56.3 Å². The lowest BCUT2D eigenvalue weighted by Gasteiger charge is -2.35. The zero-order valence-corrected chi connectivity index (χ0v) is 10.6. The van der Waals surface area contributed by atoms with E-state index >= 15 is 0 Å². The lowest BCUT2D eigenvalue weighted by Crippen LogP contribution is -2.48. The molecule has 1 aromatic heterocycles. The van der Waals surface area contributed by atoms with E-state index in [4.69, 9.17) is 9.47 Å². The van der Waals surface area contributed by atoms with Crippen LogP contribution in [0.3, 0.4) is 0 Å². The summed E-state index contributed by atoms with van der Waals surface area (Å²) < 4.78 is 11.1. The van der Waals surface area contributed by atoms with Gasteiger partial charge in [0.15, 0.2) is 5.79 Å². The first kappa shape index (κ1) is 12.4. The van der Waals surface area contributed by atoms with Crippen molar-refractivity contribution in [3.05, 3.63) is 23.8 Å². The fourth-order valence-electron chi connectivity index (χ4n) is 1.66. The highest BCUT2D eigenvalue weighted by Gasteiger charge is 2.27. The number of hydrogen-bond acceptors (Lipinski definition) is 5. The first-order valence-electron chi connectivity index (χ1n) is 5.85. The zero-order chi connectivity index (χ0) is 12.3. The molecule has 2 heterocycles. The van der Waals surface area contributed by atoms with E-state index < -0.39 is 5.79 Å². The number of aromatic nitrogens is 2. The van der Waals surface area contributed by atoms with Gasteiger partial charge < -0.3 is 14.8 Å². The number of nitrogens with zero attached hydrogens (tertiary/aromatic N) is 2. The second-order valence-corrected chi connectivity index (χ2v) is 4.69. The summed E-state index contributed by atoms with van der Waals surface area (Å²) in [5, 5.41) is 3.36. The summed E-state index contributed by atoms with van der Waals surface area (Å²) in [5.74, 6) is 0.338. The van der Waals surface area contributed by atoms with Crippen LogP contribution in [0.4, 0.5) is 0 Å². The third kappa shape index (κ3) is 3.73. The summed E-state index contributed by atoms with van der Waals surface area (Å²) in [6, 6.07) is 2.13. The number of nitrogens with one attached hydrogen (secondary N) is 1. The van der Waals surface area contributed by atoms with Gasteiger partial charge in [-0.25, -0.2) is 9.97 Å². The molecule has 0 aliphatic carbocycles. The number of ether oxygens (including phenoxy) is 2. The summed E-state index contributed by atoms with van der Waals surface area (Å²) >= 11 is 0. The van der Waals surface area contributed by atoms with Gasteiger partial charge in [-0.05, 0) is 26.8 Å². The average Bonchev–Trinajstić information content (AvgIpc) is 2.28. The second kappa shape index (κ2) is 5.08. The van der Waals surface area contributed by atoms with Crippen molar-refractivity contribution >= 4 is 0 Å². The molecule has 5 heteroatoms. The Morgan fingerprint density at radius 3 is 2.76 bits per heavy atom. The van der Waals surface area contributed by atoms with Gasteiger partial charge in [-0.1, -0.05) is 0 Å². The Morgan fingerprint density at radius 2 is 2.12 bits per heavy atom. The molecule has 0 spiro atoms. The van der Waals surface area contributed by atoms with E-state index in [0.717, 1.165) is 11.5 Å². The molecule has 0 saturated carbocycles. The van der Waals surface area contributed by atoms with E-state index in [0.29, 0.717) is 19.8 Å². The van der Waals surface area contributed by atoms with Gasteiger partial charge in [-0.3, -0.25) is 0 Å². The Morgan fingerprint density at radius 1 is 1.41 bits per heavy atom. The van der Waals surface area contributed by atoms with Crippen LogP contribution in [0.1, 0.15) is 25.4 Å². The molecule has 0 amide bonds. The molecule has 1 aliphatic heterocycles. The van der Waals surface area contributed by atoms with Gasteiger partial charge in [0.1, 0.15) is 5.82 Å². The van der Waals surface area contributed by atoms with E-state index in [9.17, 15) is 0 Å². The van der Waals surface area contributed by atoms with Crippen LogP contribution in [-0.2, 0) is 16.0 Å². The molecule has 0 unspecified atom stereocenters. The standard InChI is InChI=1S/C12H19N3O2/c1-9-13-5-4-10(15-9)6-14-11-7-16-12(2,3)17-8-11/h4-5,11,14H,6-8H2,1-3H3. The summed E-state index contributed by atoms with van der Waals surface area (Å²) in [6.07, 6.45) is 1.77. The molecule has 0 radical (unpaired) electrons. The molecule has 1 fully saturated rings. The van der Waals surface area contributed by atoms with Gasteiger partial charge >= 0.3 is 0 Å². The molecule has 0 aromatic carbocycles. The average molecular weight is 237 g/mol. The van der Waals surface area contributed by atoms with E-state index in [1.165, 1.54) is 0 Å². The SMILES string of the molecule is Cc1nccc(CNC2COC(C)(C)OC2)n1. The molecule has 0 atom stereocenters. The molecular weight excluding hydrogens is 218 g/mol. The molecule has 1 aromatic rings. The van der Waals surface area contributed by atoms with Crippen molar-refractivity contribution in [2.75, 3.05) is 13.2 Å². The van der Waals surface area contributed by atoms with Crippen LogP contribution >= 0.6 is 0 Å². The van der Waals surface area contributed by atoms with Gasteiger partial charge in [0, 0.05) is 12.7 Å². The van der Waals surface area contributed by atoms with Crippen LogP contribution in [0.15, 0.2) is 12.3 Å². The van der Waals surface area contributed by atoms with Crippen molar-refractivity contribution in [1.29, 1.82) is 0 Å². The third-order valence-electron chi connectivity index (χ3n) is 2.67. The van der Waals surface area contributed by atoms with Gasteiger partial charge in [0.25, 0.3) is 0 Å². The Bertz CT molecular complexity index is 372. The van der Waals surface area contributed by atoms with Gasteiger partial charge in [-0.2, -0.15) is 0 Å². The second-order valence-electron chi connectivity index (χ2n) is 4.69. The lowest BCUT2D eigenvalue weighted by atomic mass is 10.2. The molecular formula is C12H19N3O2. The fraction of sp³-hybridized carbons (Fsp3) is 0.667. The van der Waals surface area contributed by atoms with Crippen molar-refractivity contribution in [3.63, 3.8) is 0 Å². The van der Waals surface area contributed by atoms with Crippen LogP contribution in [0, 0.1) is 6.92 Å². The van der Waals surface area contributed by atoms with Crippen molar-refractivity contribution in [1.82, 2.24) is 15.3 Å². The molecule has 17 heavy (non-hydrogen) atoms. The van der Waals surface area contributed by atoms with Crippen LogP contribution in [0.2, 0.25) is 0 Å². The van der Waals surface area contributed by atoms with E-state index in [-0.39, 0.29) is 6.04 Å². The maximum Gasteiger partial charge on any atom is 0.162 e. The lowest BCUT2D eigenvalue weighted by molar-refractivity contribution is -0.253. The number of hydrogen-bond donors (Lipinski definition) is 1. The van der Waals surface area contributed by atoms with Crippen LogP contribution in [0.25, 0.3) is 0 Å². The Kier molecular flexibility index (Phi) is 3.71. The quantitative estimate of drug-likeness (QED) is 0.850. The minimum atomic E-state index is -0.455. The maximum atomic E-state index is 5.57. The summed E-state index contributed by atoms with van der Waals surface area (Å²) in [4.78, 5) is 8.40. The first-order chi connectivity index (χ1) is 8.05. The first-order valence-corrected chi connectivity index (χ1v) is 5.85. The highest BCUT2D eigenvalue weighted by atomic mass is 16.7. The molecule has 1 aliphatic rings. The van der Waals surface area contributed by atoms with Crippen molar-refractivity contribution in [2.24, 2.45) is 0 Å². The minimum absolute atomic E-state index is 0.221. The van der Waals surface area contributed by atoms with E-state index in [1.807, 2.05) is 26.8 Å². The van der Waals surface area contributed by atoms with Gasteiger partial charge in [0.2, 0.25) is 0 Å². The monoisotopic (exact) mass is 237 g/mol. The minimum Gasteiger partial charge on any atom is -0.349 e. The maximum absolute atomic E-state index is 5.57. The normalized spacial score (nSPS) is 20.4. The van der Waals surface area contributed by atoms with E-state index in [1.54, 1.807) is 6.20 Å². The largest absolute Gasteiger partial charge is 0.349 e. The molecule has 2 rings (SSSR count). The molecule has 94 valence electrons. The van der Waals surface area contributed by atoms with Crippen LogP contribution < -0.4 is 5.32 Å². The highest BCUT2D eigenvalue weighted by Crippen LogP contribution is 2.16. The zero-order valence-electron chi connectivity index (χ0n) is 10.6. The fourth-order valence-corrected chi connectivity index (χ4v) is 1.66. The van der Waals surface area contributed by atoms with Gasteiger partial charge in [-0.15, -0.1) is 0 Å². The molecule has 5 nitrogen and oxygen atoms in total. The van der Waals surface area contributed by atoms with Crippen molar-refractivity contribution < 1.29 is 9.47 Å². The molecule has 0 bridgehead atoms. The smallest absolute Gasteiger partial charge is 0.162 e. The van der Waals surface area contributed by atoms with Crippen molar-refractivity contribution in [3.8, 4) is 0 Å². The van der Waals surface area contributed by atoms with Crippen LogP contribution in [0.5, 0.6) is 0 Å². The summed E-state index contributed by atoms with van der Waals surface area (Å²) in [5.41, 5.74) is 0.988. The summed E-state index contributed by atoms with van der Waals surface area (Å²) in [6.45, 7) is 7.78. The highest BCUT2D eigenvalue weighted by molar-refractivity contribution is 5.01. The van der Waals surface area contributed by atoms with Gasteiger partial charge in [0.05, 0.1) is 24.9 Å². The summed E-state index contributed by atoms with van der Waals surface area (Å²) in [7, 11) is 0. The predicted molar refractivity (Wildman–Crippen MR) is 63.4 cm³/mol. The Hall–Kier alpha value is -1.04. The van der Waals surface area contributed by atoms with Crippen molar-refractivity contribution in [2.45, 2.75) is 39.1 Å². The predicted octanol–water partition coefficient (Wildman–Crippen LogP) is 1.03. The Balaban J connectivity index is 1.80. The number of rotatable bonds is 3. The third-order valence-corrected chi connectivity index (χ3v) is 2.67. The number of aryl methyl sites for hydroxylation is 1. The van der Waals surface area contributed by atoms with E-state index in [2.05, 4.69) is 15.3 Å². The molecule has 1 saturated heterocycles.